The lowest BCUT2D eigenvalue weighted by molar-refractivity contribution is -0.384. The highest BCUT2D eigenvalue weighted by atomic mass is 35.5. The van der Waals surface area contributed by atoms with Gasteiger partial charge >= 0.3 is 0 Å². The second-order valence-electron chi connectivity index (χ2n) is 6.80. The summed E-state index contributed by atoms with van der Waals surface area (Å²) in [6, 6.07) is 20.9. The predicted molar refractivity (Wildman–Crippen MR) is 124 cm³/mol. The number of halogens is 1. The Balaban J connectivity index is 1.75. The first-order chi connectivity index (χ1) is 14.9. The number of rotatable bonds is 5. The number of non-ortho nitro benzene ring substituents is 1. The fourth-order valence-electron chi connectivity index (χ4n) is 3.02. The third kappa shape index (κ3) is 4.47. The number of amides is 1. The van der Waals surface area contributed by atoms with E-state index in [1.807, 2.05) is 31.2 Å². The molecule has 6 nitrogen and oxygen atoms in total. The molecule has 8 heteroatoms. The molecule has 4 aromatic rings. The number of aryl methyl sites for hydroxylation is 1. The van der Waals surface area contributed by atoms with Crippen molar-refractivity contribution in [3.63, 3.8) is 0 Å². The third-order valence-electron chi connectivity index (χ3n) is 4.63. The number of carbonyl (C=O) groups excluding carboxylic acids is 1. The third-order valence-corrected chi connectivity index (χ3v) is 5.98. The van der Waals surface area contributed by atoms with E-state index in [0.29, 0.717) is 21.4 Å². The maximum Gasteiger partial charge on any atom is 0.269 e. The Morgan fingerprint density at radius 3 is 2.29 bits per heavy atom. The van der Waals surface area contributed by atoms with Crippen LogP contribution in [0.2, 0.25) is 5.02 Å². The van der Waals surface area contributed by atoms with Crippen LogP contribution in [-0.2, 0) is 0 Å². The van der Waals surface area contributed by atoms with Gasteiger partial charge in [0.25, 0.3) is 11.6 Å². The monoisotopic (exact) mass is 449 g/mol. The van der Waals surface area contributed by atoms with Gasteiger partial charge in [-0.15, -0.1) is 0 Å². The van der Waals surface area contributed by atoms with Crippen LogP contribution in [0, 0.1) is 17.0 Å². The van der Waals surface area contributed by atoms with E-state index in [1.165, 1.54) is 23.5 Å². The number of nitrogens with zero attached hydrogens (tertiary/aromatic N) is 2. The number of nitro groups is 1. The van der Waals surface area contributed by atoms with Crippen LogP contribution >= 0.6 is 22.9 Å². The van der Waals surface area contributed by atoms with Crippen molar-refractivity contribution < 1.29 is 9.72 Å². The maximum absolute atomic E-state index is 12.7. The molecule has 0 saturated heterocycles. The van der Waals surface area contributed by atoms with Gasteiger partial charge < -0.3 is 0 Å². The highest BCUT2D eigenvalue weighted by Gasteiger charge is 2.19. The molecule has 1 aromatic heterocycles. The molecular weight excluding hydrogens is 434 g/mol. The van der Waals surface area contributed by atoms with Crippen LogP contribution in [0.4, 0.5) is 10.8 Å². The Bertz CT molecular complexity index is 1270. The van der Waals surface area contributed by atoms with E-state index in [9.17, 15) is 14.9 Å². The van der Waals surface area contributed by atoms with Gasteiger partial charge in [0.1, 0.15) is 0 Å². The highest BCUT2D eigenvalue weighted by Crippen LogP contribution is 2.39. The summed E-state index contributed by atoms with van der Waals surface area (Å²) in [6.07, 6.45) is 0. The summed E-state index contributed by atoms with van der Waals surface area (Å²) < 4.78 is 0. The summed E-state index contributed by atoms with van der Waals surface area (Å²) in [7, 11) is 0. The molecular formula is C23H16ClN3O3S. The first kappa shape index (κ1) is 20.7. The van der Waals surface area contributed by atoms with Crippen LogP contribution in [0.1, 0.15) is 15.9 Å². The van der Waals surface area contributed by atoms with Crippen LogP contribution in [0.5, 0.6) is 0 Å². The quantitative estimate of drug-likeness (QED) is 0.274. The van der Waals surface area contributed by atoms with E-state index in [4.69, 9.17) is 11.6 Å². The van der Waals surface area contributed by atoms with E-state index in [-0.39, 0.29) is 11.6 Å². The fraction of sp³-hybridized carbons (Fsp3) is 0.0435. The number of nitrogens with one attached hydrogen (secondary N) is 1. The molecule has 0 atom stereocenters. The Morgan fingerprint density at radius 2 is 1.65 bits per heavy atom. The first-order valence-corrected chi connectivity index (χ1v) is 10.5. The van der Waals surface area contributed by atoms with Gasteiger partial charge in [-0.3, -0.25) is 20.2 Å². The molecule has 0 aliphatic carbocycles. The Hall–Kier alpha value is -3.55. The number of anilines is 1. The highest BCUT2D eigenvalue weighted by molar-refractivity contribution is 7.19. The van der Waals surface area contributed by atoms with Crippen molar-refractivity contribution in [3.05, 3.63) is 99.1 Å². The summed E-state index contributed by atoms with van der Waals surface area (Å²) in [6.45, 7) is 2.00. The molecule has 3 aromatic carbocycles. The Labute approximate surface area is 187 Å². The average Bonchev–Trinajstić information content (AvgIpc) is 3.18. The molecule has 31 heavy (non-hydrogen) atoms. The predicted octanol–water partition coefficient (Wildman–Crippen LogP) is 6.60. The second-order valence-corrected chi connectivity index (χ2v) is 8.21. The first-order valence-electron chi connectivity index (χ1n) is 9.31. The van der Waals surface area contributed by atoms with E-state index in [0.717, 1.165) is 21.6 Å². The summed E-state index contributed by atoms with van der Waals surface area (Å²) >= 11 is 7.43. The summed E-state index contributed by atoms with van der Waals surface area (Å²) in [4.78, 5) is 28.7. The van der Waals surface area contributed by atoms with Crippen molar-refractivity contribution in [2.45, 2.75) is 6.92 Å². The van der Waals surface area contributed by atoms with Crippen LogP contribution < -0.4 is 5.32 Å². The second kappa shape index (κ2) is 8.67. The van der Waals surface area contributed by atoms with Crippen LogP contribution in [0.3, 0.4) is 0 Å². The maximum atomic E-state index is 12.7. The Morgan fingerprint density at radius 1 is 1.00 bits per heavy atom. The molecule has 154 valence electrons. The minimum absolute atomic E-state index is 0.0115. The molecule has 0 radical (unpaired) electrons. The van der Waals surface area contributed by atoms with Crippen molar-refractivity contribution >= 4 is 39.7 Å². The van der Waals surface area contributed by atoms with E-state index < -0.39 is 4.92 Å². The van der Waals surface area contributed by atoms with Gasteiger partial charge in [0.05, 0.1) is 26.1 Å². The molecule has 4 rings (SSSR count). The van der Waals surface area contributed by atoms with E-state index in [1.54, 1.807) is 36.4 Å². The molecule has 0 saturated carbocycles. The summed E-state index contributed by atoms with van der Waals surface area (Å²) in [5, 5.41) is 14.6. The number of carbonyl (C=O) groups is 1. The molecule has 0 aliphatic heterocycles. The minimum atomic E-state index is -0.438. The van der Waals surface area contributed by atoms with Crippen molar-refractivity contribution in [3.8, 4) is 21.7 Å². The number of benzene rings is 3. The van der Waals surface area contributed by atoms with Gasteiger partial charge in [0.15, 0.2) is 5.13 Å². The molecule has 0 spiro atoms. The van der Waals surface area contributed by atoms with Crippen molar-refractivity contribution in [1.82, 2.24) is 4.98 Å². The molecule has 1 N–H and O–H groups in total. The number of aromatic nitrogens is 1. The fourth-order valence-corrected chi connectivity index (χ4v) is 4.23. The molecule has 0 fully saturated rings. The van der Waals surface area contributed by atoms with Gasteiger partial charge in [-0.25, -0.2) is 4.98 Å². The topological polar surface area (TPSA) is 85.1 Å². The standard InChI is InChI=1S/C23H16ClN3O3S/c1-14-6-8-15(9-7-14)20-21(16-10-12-17(13-11-16)27(29)30)31-23(25-20)26-22(28)18-4-2-3-5-19(18)24/h2-13H,1H3,(H,25,26,28). The van der Waals surface area contributed by atoms with Gasteiger partial charge in [0, 0.05) is 17.7 Å². The lowest BCUT2D eigenvalue weighted by Crippen LogP contribution is -2.12. The summed E-state index contributed by atoms with van der Waals surface area (Å²) in [5.41, 5.74) is 3.83. The zero-order valence-electron chi connectivity index (χ0n) is 16.3. The Kier molecular flexibility index (Phi) is 5.79. The summed E-state index contributed by atoms with van der Waals surface area (Å²) in [5.74, 6) is -0.356. The van der Waals surface area contributed by atoms with Crippen molar-refractivity contribution in [2.24, 2.45) is 0 Å². The number of nitro benzene ring substituents is 1. The number of thiazole rings is 1. The van der Waals surface area contributed by atoms with Crippen molar-refractivity contribution in [1.29, 1.82) is 0 Å². The largest absolute Gasteiger partial charge is 0.298 e. The van der Waals surface area contributed by atoms with Crippen molar-refractivity contribution in [2.75, 3.05) is 5.32 Å². The van der Waals surface area contributed by atoms with Crippen LogP contribution in [0.15, 0.2) is 72.8 Å². The number of hydrogen-bond acceptors (Lipinski definition) is 5. The lowest BCUT2D eigenvalue weighted by atomic mass is 10.1. The zero-order chi connectivity index (χ0) is 22.0. The van der Waals surface area contributed by atoms with Crippen LogP contribution in [-0.4, -0.2) is 15.8 Å². The number of hydrogen-bond donors (Lipinski definition) is 1. The van der Waals surface area contributed by atoms with E-state index in [2.05, 4.69) is 10.3 Å². The average molecular weight is 450 g/mol. The molecule has 0 unspecified atom stereocenters. The smallest absolute Gasteiger partial charge is 0.269 e. The minimum Gasteiger partial charge on any atom is -0.298 e. The van der Waals surface area contributed by atoms with Gasteiger partial charge in [-0.2, -0.15) is 0 Å². The molecule has 0 bridgehead atoms. The molecule has 0 aliphatic rings. The van der Waals surface area contributed by atoms with E-state index >= 15 is 0 Å². The lowest BCUT2D eigenvalue weighted by Gasteiger charge is -2.03. The van der Waals surface area contributed by atoms with Gasteiger partial charge in [0.2, 0.25) is 0 Å². The van der Waals surface area contributed by atoms with Gasteiger partial charge in [-0.05, 0) is 36.8 Å². The zero-order valence-corrected chi connectivity index (χ0v) is 17.9. The van der Waals surface area contributed by atoms with Gasteiger partial charge in [-0.1, -0.05) is 64.9 Å². The molecule has 1 heterocycles. The molecule has 1 amide bonds. The SMILES string of the molecule is Cc1ccc(-c2nc(NC(=O)c3ccccc3Cl)sc2-c2ccc([N+](=O)[O-])cc2)cc1. The normalized spacial score (nSPS) is 10.6. The van der Waals surface area contributed by atoms with Crippen LogP contribution in [0.25, 0.3) is 21.7 Å².